The van der Waals surface area contributed by atoms with Gasteiger partial charge < -0.3 is 15.0 Å². The van der Waals surface area contributed by atoms with Crippen LogP contribution in [0.25, 0.3) is 10.9 Å². The minimum absolute atomic E-state index is 0.592. The molecule has 0 spiro atoms. The molecule has 1 unspecified atom stereocenters. The number of H-pyrrole nitrogens is 1. The van der Waals surface area contributed by atoms with Gasteiger partial charge in [0.05, 0.1) is 0 Å². The number of nitrogens with one attached hydrogen (secondary N) is 1. The van der Waals surface area contributed by atoms with Crippen molar-refractivity contribution in [2.75, 3.05) is 19.0 Å². The third-order valence-corrected chi connectivity index (χ3v) is 3.62. The van der Waals surface area contributed by atoms with Crippen molar-refractivity contribution in [2.45, 2.75) is 6.10 Å². The minimum Gasteiger partial charge on any atom is -0.384 e. The first kappa shape index (κ1) is 12.8. The number of hydrogen-bond acceptors (Lipinski definition) is 2. The Hall–Kier alpha value is -2.26. The lowest BCUT2D eigenvalue weighted by atomic mass is 10.00. The molecular weight excluding hydrogens is 248 g/mol. The molecule has 2 N–H and O–H groups in total. The van der Waals surface area contributed by atoms with Crippen LogP contribution >= 0.6 is 0 Å². The van der Waals surface area contributed by atoms with Crippen molar-refractivity contribution in [3.05, 3.63) is 65.9 Å². The summed E-state index contributed by atoms with van der Waals surface area (Å²) in [7, 11) is 4.01. The lowest BCUT2D eigenvalue weighted by molar-refractivity contribution is 0.220. The van der Waals surface area contributed by atoms with Gasteiger partial charge in [0.15, 0.2) is 0 Å². The van der Waals surface area contributed by atoms with Gasteiger partial charge in [-0.25, -0.2) is 0 Å². The van der Waals surface area contributed by atoms with E-state index < -0.39 is 6.10 Å². The highest BCUT2D eigenvalue weighted by Crippen LogP contribution is 2.26. The third kappa shape index (κ3) is 2.28. The molecule has 1 aromatic heterocycles. The highest BCUT2D eigenvalue weighted by molar-refractivity contribution is 5.80. The van der Waals surface area contributed by atoms with Gasteiger partial charge in [-0.2, -0.15) is 0 Å². The molecule has 2 aromatic carbocycles. The Bertz CT molecular complexity index is 713. The normalized spacial score (nSPS) is 12.6. The quantitative estimate of drug-likeness (QED) is 0.763. The van der Waals surface area contributed by atoms with Crippen molar-refractivity contribution in [3.8, 4) is 0 Å². The number of fused-ring (bicyclic) bond motifs is 1. The van der Waals surface area contributed by atoms with E-state index in [1.807, 2.05) is 73.7 Å². The molecule has 0 bridgehead atoms. The van der Waals surface area contributed by atoms with Crippen molar-refractivity contribution in [3.63, 3.8) is 0 Å². The van der Waals surface area contributed by atoms with Gasteiger partial charge in [-0.05, 0) is 46.8 Å². The van der Waals surface area contributed by atoms with Gasteiger partial charge in [0.25, 0.3) is 0 Å². The van der Waals surface area contributed by atoms with Gasteiger partial charge in [-0.15, -0.1) is 0 Å². The molecule has 0 radical (unpaired) electrons. The second-order valence-corrected chi connectivity index (χ2v) is 5.21. The summed E-state index contributed by atoms with van der Waals surface area (Å²) in [5.41, 5.74) is 4.03. The smallest absolute Gasteiger partial charge is 0.104 e. The maximum atomic E-state index is 10.5. The number of hydrogen-bond donors (Lipinski definition) is 2. The molecule has 3 nitrogen and oxygen atoms in total. The first-order chi connectivity index (χ1) is 9.65. The van der Waals surface area contributed by atoms with E-state index in [-0.39, 0.29) is 0 Å². The van der Waals surface area contributed by atoms with Crippen LogP contribution in [-0.4, -0.2) is 24.2 Å². The van der Waals surface area contributed by atoms with E-state index in [9.17, 15) is 5.11 Å². The van der Waals surface area contributed by atoms with Crippen LogP contribution < -0.4 is 4.90 Å². The number of benzene rings is 2. The summed E-state index contributed by atoms with van der Waals surface area (Å²) in [6.07, 6.45) is 1.32. The predicted octanol–water partition coefficient (Wildman–Crippen LogP) is 3.32. The SMILES string of the molecule is CN(C)c1ccc(C(O)c2ccc3[nH]ccc3c2)cc1. The second-order valence-electron chi connectivity index (χ2n) is 5.21. The number of anilines is 1. The lowest BCUT2D eigenvalue weighted by Gasteiger charge is -2.15. The number of nitrogens with zero attached hydrogens (tertiary/aromatic N) is 1. The molecule has 0 amide bonds. The van der Waals surface area contributed by atoms with Crippen LogP contribution in [0.5, 0.6) is 0 Å². The average Bonchev–Trinajstić information content (AvgIpc) is 2.94. The van der Waals surface area contributed by atoms with Crippen LogP contribution in [0.1, 0.15) is 17.2 Å². The van der Waals surface area contributed by atoms with E-state index in [4.69, 9.17) is 0 Å². The first-order valence-electron chi connectivity index (χ1n) is 6.67. The highest BCUT2D eigenvalue weighted by atomic mass is 16.3. The van der Waals surface area contributed by atoms with Gasteiger partial charge >= 0.3 is 0 Å². The summed E-state index contributed by atoms with van der Waals surface area (Å²) in [6.45, 7) is 0. The van der Waals surface area contributed by atoms with Crippen molar-refractivity contribution in [1.82, 2.24) is 4.98 Å². The van der Waals surface area contributed by atoms with Crippen LogP contribution in [0, 0.1) is 0 Å². The van der Waals surface area contributed by atoms with E-state index in [0.29, 0.717) is 0 Å². The standard InChI is InChI=1S/C17H18N2O/c1-19(2)15-6-3-12(4-7-15)17(20)14-5-8-16-13(11-14)9-10-18-16/h3-11,17-18,20H,1-2H3. The molecule has 0 aliphatic rings. The maximum absolute atomic E-state index is 10.5. The van der Waals surface area contributed by atoms with Gasteiger partial charge in [-0.1, -0.05) is 18.2 Å². The van der Waals surface area contributed by atoms with Gasteiger partial charge in [0.1, 0.15) is 6.10 Å². The Morgan fingerprint density at radius 2 is 1.65 bits per heavy atom. The fraction of sp³-hybridized carbons (Fsp3) is 0.176. The molecule has 3 heteroatoms. The Morgan fingerprint density at radius 1 is 0.950 bits per heavy atom. The van der Waals surface area contributed by atoms with Crippen molar-refractivity contribution in [1.29, 1.82) is 0 Å². The molecule has 0 aliphatic heterocycles. The lowest BCUT2D eigenvalue weighted by Crippen LogP contribution is -2.08. The zero-order valence-electron chi connectivity index (χ0n) is 11.7. The largest absolute Gasteiger partial charge is 0.384 e. The molecule has 0 saturated heterocycles. The topological polar surface area (TPSA) is 39.3 Å². The van der Waals surface area contributed by atoms with Gasteiger partial charge in [0, 0.05) is 31.5 Å². The Balaban J connectivity index is 1.92. The molecule has 102 valence electrons. The van der Waals surface area contributed by atoms with E-state index >= 15 is 0 Å². The summed E-state index contributed by atoms with van der Waals surface area (Å²) >= 11 is 0. The van der Waals surface area contributed by atoms with Crippen LogP contribution in [0.3, 0.4) is 0 Å². The van der Waals surface area contributed by atoms with Crippen LogP contribution in [0.15, 0.2) is 54.7 Å². The van der Waals surface area contributed by atoms with Crippen LogP contribution in [0.2, 0.25) is 0 Å². The van der Waals surface area contributed by atoms with Crippen LogP contribution in [-0.2, 0) is 0 Å². The van der Waals surface area contributed by atoms with E-state index in [2.05, 4.69) is 4.98 Å². The van der Waals surface area contributed by atoms with E-state index in [1.165, 1.54) is 0 Å². The summed E-state index contributed by atoms with van der Waals surface area (Å²) in [5.74, 6) is 0. The number of aliphatic hydroxyl groups is 1. The monoisotopic (exact) mass is 266 g/mol. The summed E-state index contributed by atoms with van der Waals surface area (Å²) < 4.78 is 0. The molecule has 0 fully saturated rings. The van der Waals surface area contributed by atoms with Crippen molar-refractivity contribution >= 4 is 16.6 Å². The molecule has 0 aliphatic carbocycles. The summed E-state index contributed by atoms with van der Waals surface area (Å²) in [5, 5.41) is 11.6. The summed E-state index contributed by atoms with van der Waals surface area (Å²) in [4.78, 5) is 5.20. The fourth-order valence-electron chi connectivity index (χ4n) is 2.39. The number of aliphatic hydroxyl groups excluding tert-OH is 1. The molecule has 20 heavy (non-hydrogen) atoms. The molecule has 0 saturated carbocycles. The maximum Gasteiger partial charge on any atom is 0.104 e. The molecule has 1 heterocycles. The Labute approximate surface area is 118 Å². The first-order valence-corrected chi connectivity index (χ1v) is 6.67. The van der Waals surface area contributed by atoms with E-state index in [1.54, 1.807) is 0 Å². The highest BCUT2D eigenvalue weighted by Gasteiger charge is 2.11. The molecule has 3 aromatic rings. The predicted molar refractivity (Wildman–Crippen MR) is 83.1 cm³/mol. The number of aromatic amines is 1. The third-order valence-electron chi connectivity index (χ3n) is 3.62. The zero-order chi connectivity index (χ0) is 14.1. The summed E-state index contributed by atoms with van der Waals surface area (Å²) in [6, 6.07) is 16.0. The van der Waals surface area contributed by atoms with Gasteiger partial charge in [-0.3, -0.25) is 0 Å². The van der Waals surface area contributed by atoms with Crippen LogP contribution in [0.4, 0.5) is 5.69 Å². The van der Waals surface area contributed by atoms with Crippen molar-refractivity contribution < 1.29 is 5.11 Å². The fourth-order valence-corrected chi connectivity index (χ4v) is 2.39. The minimum atomic E-state index is -0.592. The molecule has 1 atom stereocenters. The number of rotatable bonds is 3. The Morgan fingerprint density at radius 3 is 2.35 bits per heavy atom. The van der Waals surface area contributed by atoms with Crippen molar-refractivity contribution in [2.24, 2.45) is 0 Å². The average molecular weight is 266 g/mol. The van der Waals surface area contributed by atoms with Gasteiger partial charge in [0.2, 0.25) is 0 Å². The second kappa shape index (κ2) is 5.02. The zero-order valence-corrected chi connectivity index (χ0v) is 11.7. The molecular formula is C17H18N2O. The Kier molecular flexibility index (Phi) is 3.20. The van der Waals surface area contributed by atoms with E-state index in [0.717, 1.165) is 27.7 Å². The number of aromatic nitrogens is 1. The molecule has 3 rings (SSSR count).